The van der Waals surface area contributed by atoms with Gasteiger partial charge in [-0.05, 0) is 56.6 Å². The molecule has 27 heavy (non-hydrogen) atoms. The van der Waals surface area contributed by atoms with Gasteiger partial charge in [0.25, 0.3) is 5.91 Å². The first-order valence-electron chi connectivity index (χ1n) is 8.78. The molecular formula is C18H25ClF3N3O2. The fourth-order valence-electron chi connectivity index (χ4n) is 3.04. The Hall–Kier alpha value is -1.80. The molecule has 2 amide bonds. The Morgan fingerprint density at radius 2 is 1.78 bits per heavy atom. The lowest BCUT2D eigenvalue weighted by Crippen LogP contribution is -2.49. The molecule has 1 aliphatic heterocycles. The van der Waals surface area contributed by atoms with Crippen LogP contribution in [-0.4, -0.2) is 48.9 Å². The molecule has 152 valence electrons. The number of halogens is 4. The summed E-state index contributed by atoms with van der Waals surface area (Å²) in [5, 5.41) is 5.76. The Bertz CT molecular complexity index is 617. The predicted octanol–water partition coefficient (Wildman–Crippen LogP) is 2.85. The monoisotopic (exact) mass is 407 g/mol. The van der Waals surface area contributed by atoms with Gasteiger partial charge in [-0.25, -0.2) is 0 Å². The van der Waals surface area contributed by atoms with E-state index in [9.17, 15) is 22.8 Å². The van der Waals surface area contributed by atoms with Gasteiger partial charge in [-0.1, -0.05) is 6.92 Å². The fraction of sp³-hybridized carbons (Fsp3) is 0.556. The highest BCUT2D eigenvalue weighted by Crippen LogP contribution is 2.29. The van der Waals surface area contributed by atoms with Gasteiger partial charge in [-0.15, -0.1) is 12.4 Å². The normalized spacial score (nSPS) is 15.0. The van der Waals surface area contributed by atoms with E-state index in [-0.39, 0.29) is 36.5 Å². The van der Waals surface area contributed by atoms with Gasteiger partial charge in [-0.3, -0.25) is 9.59 Å². The molecule has 1 aromatic rings. The molecule has 0 unspecified atom stereocenters. The molecule has 0 aromatic heterocycles. The molecule has 0 aliphatic carbocycles. The zero-order valence-electron chi connectivity index (χ0n) is 15.1. The number of benzene rings is 1. The van der Waals surface area contributed by atoms with Crippen molar-refractivity contribution >= 4 is 24.2 Å². The summed E-state index contributed by atoms with van der Waals surface area (Å²) < 4.78 is 37.7. The highest BCUT2D eigenvalue weighted by Gasteiger charge is 2.30. The first-order chi connectivity index (χ1) is 12.3. The summed E-state index contributed by atoms with van der Waals surface area (Å²) in [6.07, 6.45) is -1.87. The molecule has 1 heterocycles. The second-order valence-electron chi connectivity index (χ2n) is 6.33. The van der Waals surface area contributed by atoms with Gasteiger partial charge in [0, 0.05) is 18.2 Å². The zero-order valence-corrected chi connectivity index (χ0v) is 16.0. The summed E-state index contributed by atoms with van der Waals surface area (Å²) in [7, 11) is 0. The third kappa shape index (κ3) is 6.70. The molecule has 1 saturated heterocycles. The van der Waals surface area contributed by atoms with Crippen LogP contribution >= 0.6 is 12.4 Å². The summed E-state index contributed by atoms with van der Waals surface area (Å²) in [4.78, 5) is 26.4. The Kier molecular flexibility index (Phi) is 9.05. The minimum absolute atomic E-state index is 0. The number of carbonyl (C=O) groups excluding carboxylic acids is 2. The van der Waals surface area contributed by atoms with Gasteiger partial charge in [0.05, 0.1) is 12.1 Å². The van der Waals surface area contributed by atoms with Gasteiger partial charge in [0.2, 0.25) is 5.91 Å². The third-order valence-corrected chi connectivity index (χ3v) is 4.41. The van der Waals surface area contributed by atoms with Crippen LogP contribution in [-0.2, 0) is 11.0 Å². The second-order valence-corrected chi connectivity index (χ2v) is 6.33. The van der Waals surface area contributed by atoms with Crippen LogP contribution in [0.2, 0.25) is 0 Å². The van der Waals surface area contributed by atoms with E-state index in [0.717, 1.165) is 56.6 Å². The Morgan fingerprint density at radius 1 is 1.19 bits per heavy atom. The van der Waals surface area contributed by atoms with Crippen molar-refractivity contribution < 1.29 is 22.8 Å². The van der Waals surface area contributed by atoms with Gasteiger partial charge < -0.3 is 15.5 Å². The number of hydrogen-bond acceptors (Lipinski definition) is 3. The number of nitrogens with zero attached hydrogens (tertiary/aromatic N) is 1. The predicted molar refractivity (Wildman–Crippen MR) is 98.9 cm³/mol. The summed E-state index contributed by atoms with van der Waals surface area (Å²) >= 11 is 0. The van der Waals surface area contributed by atoms with E-state index in [0.29, 0.717) is 6.54 Å². The SMILES string of the molecule is CCCN(C(=O)CNC(=O)c1ccc(C(F)(F)F)cc1)C1CCNCC1.Cl. The van der Waals surface area contributed by atoms with Crippen LogP contribution in [0.4, 0.5) is 13.2 Å². The van der Waals surface area contributed by atoms with E-state index in [1.54, 1.807) is 4.90 Å². The quantitative estimate of drug-likeness (QED) is 0.762. The van der Waals surface area contributed by atoms with E-state index in [4.69, 9.17) is 0 Å². The van der Waals surface area contributed by atoms with Crippen molar-refractivity contribution in [3.63, 3.8) is 0 Å². The molecule has 1 aliphatic rings. The van der Waals surface area contributed by atoms with Crippen molar-refractivity contribution in [2.24, 2.45) is 0 Å². The first-order valence-corrected chi connectivity index (χ1v) is 8.78. The number of nitrogens with one attached hydrogen (secondary N) is 2. The van der Waals surface area contributed by atoms with Crippen LogP contribution in [0.5, 0.6) is 0 Å². The highest BCUT2D eigenvalue weighted by atomic mass is 35.5. The van der Waals surface area contributed by atoms with Gasteiger partial charge in [0.1, 0.15) is 0 Å². The zero-order chi connectivity index (χ0) is 19.2. The minimum Gasteiger partial charge on any atom is -0.343 e. The molecule has 5 nitrogen and oxygen atoms in total. The first kappa shape index (κ1) is 23.2. The van der Waals surface area contributed by atoms with Crippen molar-refractivity contribution in [3.8, 4) is 0 Å². The van der Waals surface area contributed by atoms with Gasteiger partial charge in [0.15, 0.2) is 0 Å². The number of carbonyl (C=O) groups is 2. The largest absolute Gasteiger partial charge is 0.416 e. The molecule has 9 heteroatoms. The number of rotatable bonds is 6. The lowest BCUT2D eigenvalue weighted by molar-refractivity contribution is -0.137. The average molecular weight is 408 g/mol. The Morgan fingerprint density at radius 3 is 2.30 bits per heavy atom. The maximum absolute atomic E-state index is 12.6. The molecule has 0 bridgehead atoms. The molecule has 0 atom stereocenters. The van der Waals surface area contributed by atoms with Crippen LogP contribution in [0.15, 0.2) is 24.3 Å². The number of piperidine rings is 1. The minimum atomic E-state index is -4.44. The van der Waals surface area contributed by atoms with Crippen LogP contribution in [0, 0.1) is 0 Å². The Balaban J connectivity index is 0.00000364. The number of hydrogen-bond donors (Lipinski definition) is 2. The molecule has 2 rings (SSSR count). The molecule has 1 fully saturated rings. The van der Waals surface area contributed by atoms with E-state index < -0.39 is 17.6 Å². The average Bonchev–Trinajstić information content (AvgIpc) is 2.64. The van der Waals surface area contributed by atoms with Gasteiger partial charge >= 0.3 is 6.18 Å². The van der Waals surface area contributed by atoms with Gasteiger partial charge in [-0.2, -0.15) is 13.2 Å². The van der Waals surface area contributed by atoms with E-state index in [1.165, 1.54) is 0 Å². The summed E-state index contributed by atoms with van der Waals surface area (Å²) in [6.45, 7) is 4.16. The van der Waals surface area contributed by atoms with E-state index >= 15 is 0 Å². The van der Waals surface area contributed by atoms with Crippen LogP contribution in [0.1, 0.15) is 42.1 Å². The van der Waals surface area contributed by atoms with Crippen molar-refractivity contribution in [1.29, 1.82) is 0 Å². The number of amides is 2. The van der Waals surface area contributed by atoms with E-state index in [2.05, 4.69) is 10.6 Å². The smallest absolute Gasteiger partial charge is 0.343 e. The summed E-state index contributed by atoms with van der Waals surface area (Å²) in [6, 6.07) is 4.09. The van der Waals surface area contributed by atoms with Crippen LogP contribution in [0.25, 0.3) is 0 Å². The Labute approximate surface area is 163 Å². The van der Waals surface area contributed by atoms with E-state index in [1.807, 2.05) is 6.92 Å². The second kappa shape index (κ2) is 10.5. The molecule has 2 N–H and O–H groups in total. The molecule has 1 aromatic carbocycles. The summed E-state index contributed by atoms with van der Waals surface area (Å²) in [5.74, 6) is -0.729. The standard InChI is InChI=1S/C18H24F3N3O2.ClH/c1-2-11-24(15-7-9-22-10-8-15)16(25)12-23-17(26)13-3-5-14(6-4-13)18(19,20)21;/h3-6,15,22H,2,7-12H2,1H3,(H,23,26);1H. The molecule has 0 radical (unpaired) electrons. The third-order valence-electron chi connectivity index (χ3n) is 4.41. The van der Waals surface area contributed by atoms with Crippen molar-refractivity contribution in [2.75, 3.05) is 26.2 Å². The van der Waals surface area contributed by atoms with Crippen molar-refractivity contribution in [3.05, 3.63) is 35.4 Å². The van der Waals surface area contributed by atoms with Crippen molar-refractivity contribution in [2.45, 2.75) is 38.4 Å². The molecule has 0 spiro atoms. The molecule has 0 saturated carbocycles. The lowest BCUT2D eigenvalue weighted by atomic mass is 10.0. The maximum atomic E-state index is 12.6. The number of alkyl halides is 3. The molecular weight excluding hydrogens is 383 g/mol. The summed E-state index contributed by atoms with van der Waals surface area (Å²) in [5.41, 5.74) is -0.722. The fourth-order valence-corrected chi connectivity index (χ4v) is 3.04. The topological polar surface area (TPSA) is 61.4 Å². The highest BCUT2D eigenvalue weighted by molar-refractivity contribution is 5.96. The van der Waals surface area contributed by atoms with Crippen LogP contribution in [0.3, 0.4) is 0 Å². The lowest BCUT2D eigenvalue weighted by Gasteiger charge is -2.34. The van der Waals surface area contributed by atoms with Crippen molar-refractivity contribution in [1.82, 2.24) is 15.5 Å². The maximum Gasteiger partial charge on any atom is 0.416 e. The van der Waals surface area contributed by atoms with Crippen LogP contribution < -0.4 is 10.6 Å².